The number of aliphatic carboxylic acids is 2. The number of aliphatic hydroxyl groups excluding tert-OH is 2. The second kappa shape index (κ2) is 40.0. The van der Waals surface area contributed by atoms with Crippen LogP contribution < -0.4 is 58.7 Å². The third-order valence-corrected chi connectivity index (χ3v) is 18.5. The number of rotatable bonds is 15. The van der Waals surface area contributed by atoms with Gasteiger partial charge in [0, 0.05) is 42.5 Å². The summed E-state index contributed by atoms with van der Waals surface area (Å²) in [5, 5.41) is 65.5. The summed E-state index contributed by atoms with van der Waals surface area (Å²) in [6.45, 7) is 6.47. The second-order valence-electron chi connectivity index (χ2n) is 24.7. The molecule has 2 fully saturated rings. The van der Waals surface area contributed by atoms with Crippen molar-refractivity contribution in [2.45, 2.75) is 215 Å². The van der Waals surface area contributed by atoms with E-state index in [1.54, 1.807) is 26.0 Å². The van der Waals surface area contributed by atoms with Gasteiger partial charge in [-0.05, 0) is 127 Å². The number of amides is 11. The number of ether oxygens (including phenoxy) is 1. The fourth-order valence-electron chi connectivity index (χ4n) is 11.3. The van der Waals surface area contributed by atoms with Crippen LogP contribution in [-0.2, 0) is 78.7 Å². The lowest BCUT2D eigenvalue weighted by Gasteiger charge is -2.32. The smallest absolute Gasteiger partial charge is 0.305 e. The predicted octanol–water partition coefficient (Wildman–Crippen LogP) is -1.87. The molecule has 4 heterocycles. The highest BCUT2D eigenvalue weighted by atomic mass is 32.2. The summed E-state index contributed by atoms with van der Waals surface area (Å²) in [7, 11) is 0. The Morgan fingerprint density at radius 3 is 1.75 bits per heavy atom. The maximum Gasteiger partial charge on any atom is 0.305 e. The highest BCUT2D eigenvalue weighted by Gasteiger charge is 2.44. The minimum atomic E-state index is -1.95. The number of nitrogens with zero attached hydrogens (tertiary/aromatic N) is 3. The van der Waals surface area contributed by atoms with E-state index in [0.717, 1.165) is 37.8 Å². The van der Waals surface area contributed by atoms with Crippen LogP contribution in [0.15, 0.2) is 23.4 Å². The number of fused-ring (bicyclic) bond motifs is 7. The van der Waals surface area contributed by atoms with Gasteiger partial charge in [-0.3, -0.25) is 62.3 Å². The standard InChI is InChI=1S/C62H95N13O19S2/c1-34(2)24-42-56(86)68-43(28-50(81)82)57(87)73-52(36(4)77)62(92)75-21-13-16-47(75)59(89)72-51(35(3)76)60(90)67-41(17-18-49(79)80)55(85)70-44(53(64)83)32-95-30-37-25-38-27-39(26-37)93-22-10-5-6-11-23-94-65-29-48(78)66-40(14-8-7-9-19-63)54(84)71-45(33-96-31-38)61(91)74-20-12-15-46(74)58(88)69-42/h25-27,29,34-36,40-47,51-52,76-77H,5-24,28,30-33,63H2,1-4H3,(H2,64,83)(H,66,78)(H,67,90)(H,68,86)(H,69,88)(H,70,85)(H,71,84)(H,72,89)(H,73,87)(H,79,80)(H,81,82)/b65-29+/t35-,36-,40+,41+,42+,43+,44+,45+,46+,47+,51+,52+/m1/s1. The number of thioether (sulfide) groups is 2. The first-order valence-corrected chi connectivity index (χ1v) is 34.9. The monoisotopic (exact) mass is 1390 g/mol. The van der Waals surface area contributed by atoms with Crippen molar-refractivity contribution in [2.24, 2.45) is 22.5 Å². The fourth-order valence-corrected chi connectivity index (χ4v) is 13.3. The van der Waals surface area contributed by atoms with Crippen LogP contribution in [0.4, 0.5) is 0 Å². The van der Waals surface area contributed by atoms with Crippen molar-refractivity contribution in [1.29, 1.82) is 0 Å². The number of unbranched alkanes of at least 4 members (excludes halogenated alkanes) is 2. The van der Waals surface area contributed by atoms with Gasteiger partial charge in [-0.1, -0.05) is 37.9 Å². The number of oxime groups is 1. The Balaban J connectivity index is 1.59. The van der Waals surface area contributed by atoms with Crippen molar-refractivity contribution in [3.8, 4) is 5.75 Å². The molecule has 1 aromatic carbocycles. The lowest BCUT2D eigenvalue weighted by molar-refractivity contribution is -0.146. The number of carbonyl (C=O) groups excluding carboxylic acids is 11. The Morgan fingerprint density at radius 2 is 1.15 bits per heavy atom. The molecule has 12 atom stereocenters. The number of nitrogens with one attached hydrogen (secondary N) is 8. The number of carbonyl (C=O) groups is 13. The Bertz CT molecular complexity index is 2920. The Kier molecular flexibility index (Phi) is 32.9. The van der Waals surface area contributed by atoms with Gasteiger partial charge in [-0.15, -0.1) is 0 Å². The highest BCUT2D eigenvalue weighted by Crippen LogP contribution is 2.28. The average Bonchev–Trinajstić information content (AvgIpc) is 1.64. The van der Waals surface area contributed by atoms with Crippen LogP contribution in [0.25, 0.3) is 0 Å². The van der Waals surface area contributed by atoms with Gasteiger partial charge in [0.25, 0.3) is 5.91 Å². The first-order chi connectivity index (χ1) is 45.7. The fraction of sp³-hybridized carbons (Fsp3) is 0.677. The Morgan fingerprint density at radius 1 is 0.594 bits per heavy atom. The zero-order valence-corrected chi connectivity index (χ0v) is 56.4. The molecule has 4 aliphatic rings. The van der Waals surface area contributed by atoms with E-state index < -0.39 is 169 Å². The van der Waals surface area contributed by atoms with E-state index in [4.69, 9.17) is 21.0 Å². The zero-order chi connectivity index (χ0) is 70.6. The number of primary amides is 1. The largest absolute Gasteiger partial charge is 0.494 e. The average molecular weight is 1390 g/mol. The maximum atomic E-state index is 15.1. The molecule has 4 aliphatic heterocycles. The molecule has 11 amide bonds. The van der Waals surface area contributed by atoms with Crippen LogP contribution in [0.2, 0.25) is 0 Å². The van der Waals surface area contributed by atoms with Crippen molar-refractivity contribution in [1.82, 2.24) is 52.3 Å². The van der Waals surface area contributed by atoms with Crippen molar-refractivity contribution in [3.05, 3.63) is 29.3 Å². The molecule has 16 N–H and O–H groups in total. The van der Waals surface area contributed by atoms with Gasteiger partial charge in [0.1, 0.15) is 79.0 Å². The molecule has 0 aliphatic carbocycles. The van der Waals surface area contributed by atoms with E-state index >= 15 is 4.79 Å². The molecule has 0 aromatic heterocycles. The van der Waals surface area contributed by atoms with Gasteiger partial charge in [-0.2, -0.15) is 23.5 Å². The molecule has 0 spiro atoms. The maximum absolute atomic E-state index is 15.1. The van der Waals surface area contributed by atoms with Crippen molar-refractivity contribution in [2.75, 3.05) is 44.4 Å². The third-order valence-electron chi connectivity index (χ3n) is 16.3. The Labute approximate surface area is 565 Å². The molecule has 96 heavy (non-hydrogen) atoms. The minimum Gasteiger partial charge on any atom is -0.494 e. The third kappa shape index (κ3) is 25.6. The Hall–Kier alpha value is -7.82. The summed E-state index contributed by atoms with van der Waals surface area (Å²) >= 11 is 2.42. The number of carboxylic acids is 2. The predicted molar refractivity (Wildman–Crippen MR) is 351 cm³/mol. The summed E-state index contributed by atoms with van der Waals surface area (Å²) in [6, 6.07) is -9.97. The van der Waals surface area contributed by atoms with Gasteiger partial charge in [-0.25, -0.2) is 0 Å². The summed E-state index contributed by atoms with van der Waals surface area (Å²) in [4.78, 5) is 187. The zero-order valence-electron chi connectivity index (χ0n) is 54.7. The topological polar surface area (TPSA) is 488 Å². The van der Waals surface area contributed by atoms with E-state index in [9.17, 15) is 78.0 Å². The molecule has 0 unspecified atom stereocenters. The van der Waals surface area contributed by atoms with Gasteiger partial charge in [0.15, 0.2) is 0 Å². The second-order valence-corrected chi connectivity index (χ2v) is 26.8. The van der Waals surface area contributed by atoms with Gasteiger partial charge in [0.05, 0.1) is 25.2 Å². The van der Waals surface area contributed by atoms with E-state index in [1.807, 2.05) is 6.07 Å². The molecule has 4 bridgehead atoms. The van der Waals surface area contributed by atoms with Crippen LogP contribution in [-0.4, -0.2) is 230 Å². The number of hydrogen-bond donors (Lipinski definition) is 14. The van der Waals surface area contributed by atoms with Gasteiger partial charge < -0.3 is 93.8 Å². The molecule has 534 valence electrons. The molecular weight excluding hydrogens is 1290 g/mol. The van der Waals surface area contributed by atoms with Crippen LogP contribution >= 0.6 is 23.5 Å². The van der Waals surface area contributed by atoms with E-state index in [0.29, 0.717) is 68.6 Å². The van der Waals surface area contributed by atoms with Crippen molar-refractivity contribution in [3.63, 3.8) is 0 Å². The molecule has 2 saturated heterocycles. The lowest BCUT2D eigenvalue weighted by Crippen LogP contribution is -2.63. The van der Waals surface area contributed by atoms with Crippen LogP contribution in [0.5, 0.6) is 5.75 Å². The first-order valence-electron chi connectivity index (χ1n) is 32.6. The quantitative estimate of drug-likeness (QED) is 0.0856. The molecule has 1 aromatic rings. The van der Waals surface area contributed by atoms with Gasteiger partial charge >= 0.3 is 11.9 Å². The number of carboxylic acid groups (broad SMARTS) is 2. The first kappa shape index (κ1) is 78.9. The normalized spacial score (nSPS) is 27.0. The summed E-state index contributed by atoms with van der Waals surface area (Å²) in [5.74, 6) is -13.1. The molecule has 0 radical (unpaired) electrons. The minimum absolute atomic E-state index is 0.0303. The molecular formula is C62H95N13O19S2. The number of aliphatic hydroxyl groups is 2. The van der Waals surface area contributed by atoms with Crippen LogP contribution in [0.3, 0.4) is 0 Å². The van der Waals surface area contributed by atoms with E-state index in [-0.39, 0.29) is 80.7 Å². The van der Waals surface area contributed by atoms with E-state index in [2.05, 4.69) is 47.7 Å². The van der Waals surface area contributed by atoms with Crippen LogP contribution in [0, 0.1) is 5.92 Å². The summed E-state index contributed by atoms with van der Waals surface area (Å²) in [5.41, 5.74) is 13.0. The molecule has 34 heteroatoms. The summed E-state index contributed by atoms with van der Waals surface area (Å²) in [6.07, 6.45) is 0.241. The SMILES string of the molecule is CC(C)C[C@@H]1NC(=O)[C@@H]2CCCN2C(=O)[C@@H]2CSCc3cc(cc(c3)OCCCCCCO/N=C/C(=O)N[C@@H](CCCCCN)C(=O)N2)CSC[C@@H](C(N)=O)NC(=O)[C@H](CCC(=O)O)NC(=O)[C@H]([C@@H](C)O)NC(=O)[C@@H]2CCCN2C(=O)[C@H]([C@@H](C)O)NC(=O)[C@H](CC(=O)O)NC1=O. The molecule has 5 rings (SSSR count). The number of benzene rings is 1. The van der Waals surface area contributed by atoms with E-state index in [1.165, 1.54) is 28.4 Å². The van der Waals surface area contributed by atoms with Crippen molar-refractivity contribution < 1.29 is 92.3 Å². The number of nitrogens with two attached hydrogens (primary N) is 2. The highest BCUT2D eigenvalue weighted by molar-refractivity contribution is 7.98. The number of hydrogen-bond acceptors (Lipinski definition) is 21. The lowest BCUT2D eigenvalue weighted by atomic mass is 10.0. The van der Waals surface area contributed by atoms with Crippen LogP contribution in [0.1, 0.15) is 142 Å². The molecule has 32 nitrogen and oxygen atoms in total. The molecule has 0 saturated carbocycles. The van der Waals surface area contributed by atoms with Crippen molar-refractivity contribution >= 4 is 107 Å². The summed E-state index contributed by atoms with van der Waals surface area (Å²) < 4.78 is 6.26. The van der Waals surface area contributed by atoms with Gasteiger partial charge in [0.2, 0.25) is 59.1 Å².